The van der Waals surface area contributed by atoms with Crippen LogP contribution < -0.4 is 10.1 Å². The summed E-state index contributed by atoms with van der Waals surface area (Å²) < 4.78 is 5.65. The van der Waals surface area contributed by atoms with Gasteiger partial charge in [-0.15, -0.1) is 0 Å². The Hall–Kier alpha value is -1.51. The highest BCUT2D eigenvalue weighted by atomic mass is 35.5. The maximum absolute atomic E-state index is 6.42. The molecule has 104 valence electrons. The lowest BCUT2D eigenvalue weighted by Crippen LogP contribution is -2.08. The molecule has 0 aliphatic carbocycles. The van der Waals surface area contributed by atoms with Gasteiger partial charge in [0.15, 0.2) is 0 Å². The van der Waals surface area contributed by atoms with Crippen LogP contribution in [0.15, 0.2) is 36.4 Å². The fourth-order valence-electron chi connectivity index (χ4n) is 2.63. The normalized spacial score (nSPS) is 13.7. The summed E-state index contributed by atoms with van der Waals surface area (Å²) in [7, 11) is 1.94. The van der Waals surface area contributed by atoms with E-state index < -0.39 is 0 Å². The second kappa shape index (κ2) is 5.86. The van der Waals surface area contributed by atoms with E-state index in [1.165, 1.54) is 11.1 Å². The quantitative estimate of drug-likeness (QED) is 0.919. The SMILES string of the molecule is CNCc1ccc(-c2ccc3c(c2)CCCO3)c(Cl)c1. The first-order valence-electron chi connectivity index (χ1n) is 6.97. The van der Waals surface area contributed by atoms with Crippen LogP contribution in [0.5, 0.6) is 5.75 Å². The summed E-state index contributed by atoms with van der Waals surface area (Å²) in [5.74, 6) is 1.02. The molecule has 0 saturated carbocycles. The Morgan fingerprint density at radius 3 is 2.90 bits per heavy atom. The van der Waals surface area contributed by atoms with Gasteiger partial charge in [0.05, 0.1) is 6.61 Å². The minimum atomic E-state index is 0.800. The van der Waals surface area contributed by atoms with Crippen LogP contribution in [0.2, 0.25) is 5.02 Å². The predicted molar refractivity (Wildman–Crippen MR) is 83.5 cm³/mol. The number of aryl methyl sites for hydroxylation is 1. The number of hydrogen-bond acceptors (Lipinski definition) is 2. The van der Waals surface area contributed by atoms with Crippen molar-refractivity contribution < 1.29 is 4.74 Å². The number of benzene rings is 2. The Morgan fingerprint density at radius 2 is 2.10 bits per heavy atom. The van der Waals surface area contributed by atoms with Gasteiger partial charge in [-0.3, -0.25) is 0 Å². The molecule has 2 aromatic rings. The second-order valence-electron chi connectivity index (χ2n) is 5.12. The lowest BCUT2D eigenvalue weighted by molar-refractivity contribution is 0.288. The molecule has 3 rings (SSSR count). The maximum atomic E-state index is 6.42. The van der Waals surface area contributed by atoms with Crippen LogP contribution in [-0.2, 0) is 13.0 Å². The number of ether oxygens (including phenoxy) is 1. The van der Waals surface area contributed by atoms with E-state index in [2.05, 4.69) is 35.6 Å². The van der Waals surface area contributed by atoms with Gasteiger partial charge < -0.3 is 10.1 Å². The average Bonchev–Trinajstić information content (AvgIpc) is 2.47. The molecule has 0 spiro atoms. The van der Waals surface area contributed by atoms with E-state index in [1.54, 1.807) is 0 Å². The highest BCUT2D eigenvalue weighted by molar-refractivity contribution is 6.33. The molecule has 2 aromatic carbocycles. The van der Waals surface area contributed by atoms with Crippen molar-refractivity contribution in [3.63, 3.8) is 0 Å². The van der Waals surface area contributed by atoms with Gasteiger partial charge >= 0.3 is 0 Å². The molecule has 0 fully saturated rings. The van der Waals surface area contributed by atoms with Crippen molar-refractivity contribution in [3.8, 4) is 16.9 Å². The largest absolute Gasteiger partial charge is 0.493 e. The molecule has 0 aromatic heterocycles. The molecule has 0 amide bonds. The fourth-order valence-corrected chi connectivity index (χ4v) is 2.95. The Kier molecular flexibility index (Phi) is 3.95. The number of nitrogens with one attached hydrogen (secondary N) is 1. The van der Waals surface area contributed by atoms with Crippen LogP contribution in [0.4, 0.5) is 0 Å². The van der Waals surface area contributed by atoms with E-state index in [0.29, 0.717) is 0 Å². The van der Waals surface area contributed by atoms with Gasteiger partial charge in [-0.2, -0.15) is 0 Å². The first kappa shape index (κ1) is 13.5. The summed E-state index contributed by atoms with van der Waals surface area (Å²) in [4.78, 5) is 0. The van der Waals surface area contributed by atoms with E-state index in [0.717, 1.165) is 47.9 Å². The van der Waals surface area contributed by atoms with Crippen LogP contribution >= 0.6 is 11.6 Å². The van der Waals surface area contributed by atoms with E-state index in [4.69, 9.17) is 16.3 Å². The van der Waals surface area contributed by atoms with Crippen molar-refractivity contribution in [2.75, 3.05) is 13.7 Å². The van der Waals surface area contributed by atoms with Crippen LogP contribution in [0.1, 0.15) is 17.5 Å². The highest BCUT2D eigenvalue weighted by Crippen LogP contribution is 2.33. The smallest absolute Gasteiger partial charge is 0.122 e. The minimum Gasteiger partial charge on any atom is -0.493 e. The summed E-state index contributed by atoms with van der Waals surface area (Å²) in [5, 5.41) is 3.94. The van der Waals surface area contributed by atoms with Crippen LogP contribution in [-0.4, -0.2) is 13.7 Å². The summed E-state index contributed by atoms with van der Waals surface area (Å²) >= 11 is 6.42. The van der Waals surface area contributed by atoms with E-state index in [-0.39, 0.29) is 0 Å². The lowest BCUT2D eigenvalue weighted by Gasteiger charge is -2.18. The van der Waals surface area contributed by atoms with Gasteiger partial charge in [-0.05, 0) is 54.8 Å². The maximum Gasteiger partial charge on any atom is 0.122 e. The zero-order valence-electron chi connectivity index (χ0n) is 11.6. The number of hydrogen-bond donors (Lipinski definition) is 1. The molecule has 1 aliphatic rings. The van der Waals surface area contributed by atoms with Gasteiger partial charge in [0.1, 0.15) is 5.75 Å². The minimum absolute atomic E-state index is 0.800. The van der Waals surface area contributed by atoms with Crippen molar-refractivity contribution in [1.29, 1.82) is 0 Å². The topological polar surface area (TPSA) is 21.3 Å². The number of fused-ring (bicyclic) bond motifs is 1. The molecule has 1 N–H and O–H groups in total. The monoisotopic (exact) mass is 287 g/mol. The summed E-state index contributed by atoms with van der Waals surface area (Å²) in [5.41, 5.74) is 4.72. The second-order valence-corrected chi connectivity index (χ2v) is 5.53. The first-order chi connectivity index (χ1) is 9.78. The number of rotatable bonds is 3. The molecule has 1 heterocycles. The average molecular weight is 288 g/mol. The standard InChI is InChI=1S/C17H18ClNO/c1-19-11-12-4-6-15(16(18)9-12)13-5-7-17-14(10-13)3-2-8-20-17/h4-7,9-10,19H,2-3,8,11H2,1H3. The molecule has 1 aliphatic heterocycles. The Morgan fingerprint density at radius 1 is 1.20 bits per heavy atom. The third kappa shape index (κ3) is 2.67. The third-order valence-electron chi connectivity index (χ3n) is 3.63. The van der Waals surface area contributed by atoms with Gasteiger partial charge in [0, 0.05) is 17.1 Å². The molecule has 0 radical (unpaired) electrons. The summed E-state index contributed by atoms with van der Waals surface area (Å²) in [6.07, 6.45) is 2.17. The Balaban J connectivity index is 1.96. The Bertz CT molecular complexity index is 624. The molecule has 0 saturated heterocycles. The molecular formula is C17H18ClNO. The molecular weight excluding hydrogens is 270 g/mol. The zero-order chi connectivity index (χ0) is 13.9. The van der Waals surface area contributed by atoms with E-state index in [1.807, 2.05) is 13.1 Å². The molecule has 0 bridgehead atoms. The third-order valence-corrected chi connectivity index (χ3v) is 3.95. The molecule has 0 atom stereocenters. The van der Waals surface area contributed by atoms with Gasteiger partial charge in [-0.1, -0.05) is 29.8 Å². The molecule has 0 unspecified atom stereocenters. The zero-order valence-corrected chi connectivity index (χ0v) is 12.3. The van der Waals surface area contributed by atoms with Crippen molar-refractivity contribution in [2.24, 2.45) is 0 Å². The molecule has 3 heteroatoms. The van der Waals surface area contributed by atoms with Crippen molar-refractivity contribution in [3.05, 3.63) is 52.5 Å². The summed E-state index contributed by atoms with van der Waals surface area (Å²) in [6.45, 7) is 1.66. The highest BCUT2D eigenvalue weighted by Gasteiger charge is 2.12. The van der Waals surface area contributed by atoms with E-state index in [9.17, 15) is 0 Å². The number of halogens is 1. The van der Waals surface area contributed by atoms with Gasteiger partial charge in [0.2, 0.25) is 0 Å². The van der Waals surface area contributed by atoms with Crippen molar-refractivity contribution >= 4 is 11.6 Å². The fraction of sp³-hybridized carbons (Fsp3) is 0.294. The first-order valence-corrected chi connectivity index (χ1v) is 7.35. The molecule has 2 nitrogen and oxygen atoms in total. The van der Waals surface area contributed by atoms with Gasteiger partial charge in [0.25, 0.3) is 0 Å². The van der Waals surface area contributed by atoms with E-state index >= 15 is 0 Å². The van der Waals surface area contributed by atoms with Crippen LogP contribution in [0, 0.1) is 0 Å². The van der Waals surface area contributed by atoms with Gasteiger partial charge in [-0.25, -0.2) is 0 Å². The Labute approximate surface area is 124 Å². The summed E-state index contributed by atoms with van der Waals surface area (Å²) in [6, 6.07) is 12.6. The lowest BCUT2D eigenvalue weighted by atomic mass is 9.98. The van der Waals surface area contributed by atoms with Crippen LogP contribution in [0.3, 0.4) is 0 Å². The predicted octanol–water partition coefficient (Wildman–Crippen LogP) is 4.05. The van der Waals surface area contributed by atoms with Crippen LogP contribution in [0.25, 0.3) is 11.1 Å². The van der Waals surface area contributed by atoms with Crippen molar-refractivity contribution in [1.82, 2.24) is 5.32 Å². The molecule has 20 heavy (non-hydrogen) atoms. The van der Waals surface area contributed by atoms with Crippen molar-refractivity contribution in [2.45, 2.75) is 19.4 Å².